The van der Waals surface area contributed by atoms with Gasteiger partial charge in [-0.05, 0) is 39.4 Å². The average Bonchev–Trinajstić information content (AvgIpc) is 2.66. The van der Waals surface area contributed by atoms with E-state index in [2.05, 4.69) is 10.4 Å². The molecule has 0 saturated heterocycles. The fourth-order valence-electron chi connectivity index (χ4n) is 2.41. The molecule has 5 heteroatoms. The topological polar surface area (TPSA) is 29.9 Å². The lowest BCUT2D eigenvalue weighted by Crippen LogP contribution is -2.21. The number of aryl methyl sites for hydroxylation is 1. The smallest absolute Gasteiger partial charge is 0.130 e. The fraction of sp³-hybridized carbons (Fsp3) is 0.400. The summed E-state index contributed by atoms with van der Waals surface area (Å²) in [6, 6.07) is 4.93. The van der Waals surface area contributed by atoms with Crippen LogP contribution in [0.5, 0.6) is 0 Å². The van der Waals surface area contributed by atoms with Crippen LogP contribution in [0.15, 0.2) is 18.2 Å². The monoisotopic (exact) mass is 295 g/mol. The zero-order valence-electron chi connectivity index (χ0n) is 12.2. The van der Waals surface area contributed by atoms with Gasteiger partial charge < -0.3 is 5.32 Å². The second-order valence-electron chi connectivity index (χ2n) is 4.85. The first-order valence-electron chi connectivity index (χ1n) is 6.71. The summed E-state index contributed by atoms with van der Waals surface area (Å²) in [6.07, 6.45) is 0. The van der Waals surface area contributed by atoms with Crippen LogP contribution < -0.4 is 5.32 Å². The van der Waals surface area contributed by atoms with Gasteiger partial charge in [-0.3, -0.25) is 0 Å². The van der Waals surface area contributed by atoms with Gasteiger partial charge in [0.05, 0.1) is 22.1 Å². The van der Waals surface area contributed by atoms with E-state index in [-0.39, 0.29) is 11.9 Å². The van der Waals surface area contributed by atoms with Gasteiger partial charge in [-0.2, -0.15) is 5.10 Å². The first kappa shape index (κ1) is 15.0. The molecule has 1 unspecified atom stereocenters. The van der Waals surface area contributed by atoms with Gasteiger partial charge in [0.1, 0.15) is 5.82 Å². The summed E-state index contributed by atoms with van der Waals surface area (Å²) in [6.45, 7) is 8.44. The van der Waals surface area contributed by atoms with Gasteiger partial charge in [0.15, 0.2) is 0 Å². The van der Waals surface area contributed by atoms with Gasteiger partial charge in [0, 0.05) is 11.6 Å². The molecule has 1 atom stereocenters. The third-order valence-corrected chi connectivity index (χ3v) is 3.95. The van der Waals surface area contributed by atoms with Gasteiger partial charge in [0.2, 0.25) is 0 Å². The Morgan fingerprint density at radius 3 is 2.65 bits per heavy atom. The highest BCUT2D eigenvalue weighted by molar-refractivity contribution is 6.31. The molecule has 1 aromatic carbocycles. The maximum absolute atomic E-state index is 14.2. The molecule has 0 bridgehead atoms. The molecule has 1 heterocycles. The highest BCUT2D eigenvalue weighted by atomic mass is 35.5. The van der Waals surface area contributed by atoms with E-state index in [0.717, 1.165) is 23.6 Å². The Labute approximate surface area is 123 Å². The predicted octanol–water partition coefficient (Wildman–Crippen LogP) is 3.95. The number of nitrogens with zero attached hydrogens (tertiary/aromatic N) is 2. The maximum Gasteiger partial charge on any atom is 0.130 e. The Bertz CT molecular complexity index is 622. The number of nitrogens with one attached hydrogen (secondary N) is 1. The number of halogens is 2. The Hall–Kier alpha value is -1.39. The minimum atomic E-state index is -0.236. The summed E-state index contributed by atoms with van der Waals surface area (Å²) in [5.74, 6) is -0.236. The Kier molecular flexibility index (Phi) is 4.45. The summed E-state index contributed by atoms with van der Waals surface area (Å²) in [4.78, 5) is 0. The van der Waals surface area contributed by atoms with Crippen LogP contribution >= 0.6 is 11.6 Å². The number of aromatic nitrogens is 2. The van der Waals surface area contributed by atoms with E-state index in [4.69, 9.17) is 11.6 Å². The van der Waals surface area contributed by atoms with Crippen molar-refractivity contribution in [3.63, 3.8) is 0 Å². The van der Waals surface area contributed by atoms with E-state index in [0.29, 0.717) is 10.6 Å². The summed E-state index contributed by atoms with van der Waals surface area (Å²) in [5.41, 5.74) is 2.90. The second-order valence-corrected chi connectivity index (χ2v) is 5.23. The van der Waals surface area contributed by atoms with E-state index in [9.17, 15) is 4.39 Å². The lowest BCUT2D eigenvalue weighted by atomic mass is 10.0. The molecule has 3 nitrogen and oxygen atoms in total. The average molecular weight is 296 g/mol. The van der Waals surface area contributed by atoms with Crippen LogP contribution in [0.1, 0.15) is 36.8 Å². The number of hydrogen-bond acceptors (Lipinski definition) is 2. The molecule has 108 valence electrons. The molecular formula is C15H19ClFN3. The van der Waals surface area contributed by atoms with Crippen LogP contribution in [-0.2, 0) is 0 Å². The lowest BCUT2D eigenvalue weighted by molar-refractivity contribution is 0.536. The van der Waals surface area contributed by atoms with E-state index >= 15 is 0 Å². The van der Waals surface area contributed by atoms with Crippen molar-refractivity contribution in [3.8, 4) is 5.69 Å². The van der Waals surface area contributed by atoms with Crippen LogP contribution in [0, 0.1) is 19.7 Å². The highest BCUT2D eigenvalue weighted by Gasteiger charge is 2.19. The van der Waals surface area contributed by atoms with Crippen molar-refractivity contribution in [2.45, 2.75) is 33.7 Å². The SMILES string of the molecule is CCNC(C)c1c(F)cccc1-n1nc(C)c(Cl)c1C. The minimum absolute atomic E-state index is 0.0983. The van der Waals surface area contributed by atoms with Crippen LogP contribution in [0.25, 0.3) is 5.69 Å². The second kappa shape index (κ2) is 5.94. The largest absolute Gasteiger partial charge is 0.310 e. The molecule has 0 aliphatic heterocycles. The van der Waals surface area contributed by atoms with E-state index in [1.54, 1.807) is 10.7 Å². The lowest BCUT2D eigenvalue weighted by Gasteiger charge is -2.18. The molecule has 1 N–H and O–H groups in total. The quantitative estimate of drug-likeness (QED) is 0.925. The molecule has 1 aromatic heterocycles. The molecule has 2 rings (SSSR count). The van der Waals surface area contributed by atoms with Crippen molar-refractivity contribution in [3.05, 3.63) is 46.0 Å². The standard InChI is InChI=1S/C15H19ClFN3/c1-5-18-9(2)14-12(17)7-6-8-13(14)20-11(4)15(16)10(3)19-20/h6-9,18H,5H2,1-4H3. The molecule has 2 aromatic rings. The zero-order chi connectivity index (χ0) is 14.9. The Morgan fingerprint density at radius 1 is 1.40 bits per heavy atom. The van der Waals surface area contributed by atoms with Crippen molar-refractivity contribution < 1.29 is 4.39 Å². The van der Waals surface area contributed by atoms with Gasteiger partial charge in [0.25, 0.3) is 0 Å². The number of hydrogen-bond donors (Lipinski definition) is 1. The van der Waals surface area contributed by atoms with Crippen LogP contribution in [-0.4, -0.2) is 16.3 Å². The van der Waals surface area contributed by atoms with Gasteiger partial charge >= 0.3 is 0 Å². The van der Waals surface area contributed by atoms with E-state index in [1.807, 2.05) is 33.8 Å². The molecule has 0 aliphatic rings. The Morgan fingerprint density at radius 2 is 2.10 bits per heavy atom. The van der Waals surface area contributed by atoms with Crippen molar-refractivity contribution >= 4 is 11.6 Å². The Balaban J connectivity index is 2.62. The summed E-state index contributed by atoms with van der Waals surface area (Å²) in [7, 11) is 0. The van der Waals surface area contributed by atoms with Gasteiger partial charge in [-0.15, -0.1) is 0 Å². The normalized spacial score (nSPS) is 12.7. The number of rotatable bonds is 4. The molecule has 0 fully saturated rings. The first-order valence-corrected chi connectivity index (χ1v) is 7.09. The third kappa shape index (κ3) is 2.58. The van der Waals surface area contributed by atoms with Crippen molar-refractivity contribution in [1.82, 2.24) is 15.1 Å². The molecule has 20 heavy (non-hydrogen) atoms. The number of benzene rings is 1. The third-order valence-electron chi connectivity index (χ3n) is 3.40. The molecule has 0 spiro atoms. The summed E-state index contributed by atoms with van der Waals surface area (Å²) in [5, 5.41) is 8.28. The molecule has 0 saturated carbocycles. The van der Waals surface area contributed by atoms with Crippen LogP contribution in [0.2, 0.25) is 5.02 Å². The van der Waals surface area contributed by atoms with Crippen molar-refractivity contribution in [2.24, 2.45) is 0 Å². The zero-order valence-corrected chi connectivity index (χ0v) is 12.9. The van der Waals surface area contributed by atoms with Gasteiger partial charge in [-0.25, -0.2) is 9.07 Å². The first-order chi connectivity index (χ1) is 9.47. The summed E-state index contributed by atoms with van der Waals surface area (Å²) < 4.78 is 15.9. The maximum atomic E-state index is 14.2. The molecule has 0 radical (unpaired) electrons. The van der Waals surface area contributed by atoms with E-state index in [1.165, 1.54) is 6.07 Å². The molecule has 0 amide bonds. The van der Waals surface area contributed by atoms with Crippen LogP contribution in [0.3, 0.4) is 0 Å². The predicted molar refractivity (Wildman–Crippen MR) is 80.1 cm³/mol. The van der Waals surface area contributed by atoms with Gasteiger partial charge in [-0.1, -0.05) is 24.6 Å². The van der Waals surface area contributed by atoms with Crippen molar-refractivity contribution in [2.75, 3.05) is 6.54 Å². The fourth-order valence-corrected chi connectivity index (χ4v) is 2.52. The highest BCUT2D eigenvalue weighted by Crippen LogP contribution is 2.28. The van der Waals surface area contributed by atoms with E-state index < -0.39 is 0 Å². The van der Waals surface area contributed by atoms with Crippen molar-refractivity contribution in [1.29, 1.82) is 0 Å². The molecule has 0 aliphatic carbocycles. The summed E-state index contributed by atoms with van der Waals surface area (Å²) >= 11 is 6.19. The van der Waals surface area contributed by atoms with Crippen LogP contribution in [0.4, 0.5) is 4.39 Å². The molecular weight excluding hydrogens is 277 g/mol. The minimum Gasteiger partial charge on any atom is -0.310 e.